The molecule has 0 saturated carbocycles. The first-order chi connectivity index (χ1) is 10.3. The standard InChI is InChI=1S/C17H27NO3/c1-18-16(8-4-6-13-7-5-11-21-13)15-12-14(19-2)9-10-17(15)20-3/h9-10,12-13,16,18H,4-8,11H2,1-3H3. The Morgan fingerprint density at radius 3 is 2.81 bits per heavy atom. The molecule has 1 aromatic carbocycles. The highest BCUT2D eigenvalue weighted by Gasteiger charge is 2.18. The summed E-state index contributed by atoms with van der Waals surface area (Å²) in [5.74, 6) is 1.78. The smallest absolute Gasteiger partial charge is 0.123 e. The first-order valence-corrected chi connectivity index (χ1v) is 7.79. The van der Waals surface area contributed by atoms with Gasteiger partial charge in [-0.05, 0) is 57.4 Å². The second-order valence-electron chi connectivity index (χ2n) is 5.52. The molecule has 0 aromatic heterocycles. The monoisotopic (exact) mass is 293 g/mol. The lowest BCUT2D eigenvalue weighted by molar-refractivity contribution is 0.101. The van der Waals surface area contributed by atoms with Crippen molar-refractivity contribution in [3.63, 3.8) is 0 Å². The van der Waals surface area contributed by atoms with E-state index in [0.29, 0.717) is 6.10 Å². The predicted octanol–water partition coefficient (Wildman–Crippen LogP) is 3.31. The van der Waals surface area contributed by atoms with E-state index in [1.165, 1.54) is 12.8 Å². The molecule has 21 heavy (non-hydrogen) atoms. The van der Waals surface area contributed by atoms with E-state index >= 15 is 0 Å². The molecular formula is C17H27NO3. The van der Waals surface area contributed by atoms with Gasteiger partial charge in [-0.1, -0.05) is 0 Å². The van der Waals surface area contributed by atoms with Crippen molar-refractivity contribution in [2.75, 3.05) is 27.9 Å². The molecule has 0 amide bonds. The van der Waals surface area contributed by atoms with Gasteiger partial charge in [-0.3, -0.25) is 0 Å². The third kappa shape index (κ3) is 4.35. The van der Waals surface area contributed by atoms with Gasteiger partial charge in [0, 0.05) is 18.2 Å². The fourth-order valence-corrected chi connectivity index (χ4v) is 2.99. The van der Waals surface area contributed by atoms with Gasteiger partial charge < -0.3 is 19.5 Å². The molecule has 1 aliphatic heterocycles. The number of methoxy groups -OCH3 is 2. The van der Waals surface area contributed by atoms with Crippen molar-refractivity contribution < 1.29 is 14.2 Å². The number of ether oxygens (including phenoxy) is 3. The van der Waals surface area contributed by atoms with Crippen molar-refractivity contribution in [2.45, 2.75) is 44.2 Å². The number of rotatable bonds is 8. The first-order valence-electron chi connectivity index (χ1n) is 7.79. The molecule has 0 aliphatic carbocycles. The fourth-order valence-electron chi connectivity index (χ4n) is 2.99. The van der Waals surface area contributed by atoms with E-state index in [1.54, 1.807) is 14.2 Å². The summed E-state index contributed by atoms with van der Waals surface area (Å²) in [6.45, 7) is 0.934. The molecule has 1 saturated heterocycles. The highest BCUT2D eigenvalue weighted by Crippen LogP contribution is 2.32. The van der Waals surface area contributed by atoms with E-state index < -0.39 is 0 Å². The zero-order valence-corrected chi connectivity index (χ0v) is 13.4. The van der Waals surface area contributed by atoms with Gasteiger partial charge in [-0.15, -0.1) is 0 Å². The maximum atomic E-state index is 5.69. The summed E-state index contributed by atoms with van der Waals surface area (Å²) in [5.41, 5.74) is 1.16. The summed E-state index contributed by atoms with van der Waals surface area (Å²) in [4.78, 5) is 0. The summed E-state index contributed by atoms with van der Waals surface area (Å²) < 4.78 is 16.5. The molecule has 4 nitrogen and oxygen atoms in total. The zero-order chi connectivity index (χ0) is 15.1. The van der Waals surface area contributed by atoms with Crippen LogP contribution in [0.2, 0.25) is 0 Å². The average Bonchev–Trinajstić information content (AvgIpc) is 3.04. The van der Waals surface area contributed by atoms with Gasteiger partial charge in [0.1, 0.15) is 11.5 Å². The Bertz CT molecular complexity index is 430. The zero-order valence-electron chi connectivity index (χ0n) is 13.4. The topological polar surface area (TPSA) is 39.7 Å². The molecule has 2 atom stereocenters. The van der Waals surface area contributed by atoms with Gasteiger partial charge in [-0.2, -0.15) is 0 Å². The second kappa shape index (κ2) is 8.25. The van der Waals surface area contributed by atoms with Gasteiger partial charge in [0.2, 0.25) is 0 Å². The molecule has 0 spiro atoms. The van der Waals surface area contributed by atoms with Crippen LogP contribution in [0.1, 0.15) is 43.7 Å². The first kappa shape index (κ1) is 16.1. The highest BCUT2D eigenvalue weighted by atomic mass is 16.5. The molecule has 1 aliphatic rings. The highest BCUT2D eigenvalue weighted by molar-refractivity contribution is 5.42. The van der Waals surface area contributed by atoms with Gasteiger partial charge in [0.05, 0.1) is 20.3 Å². The Kier molecular flexibility index (Phi) is 6.33. The summed E-state index contributed by atoms with van der Waals surface area (Å²) in [7, 11) is 5.40. The summed E-state index contributed by atoms with van der Waals surface area (Å²) in [6.07, 6.45) is 6.26. The van der Waals surface area contributed by atoms with Gasteiger partial charge in [-0.25, -0.2) is 0 Å². The Labute approximate surface area is 127 Å². The van der Waals surface area contributed by atoms with Crippen LogP contribution >= 0.6 is 0 Å². The largest absolute Gasteiger partial charge is 0.497 e. The van der Waals surface area contributed by atoms with Crippen LogP contribution < -0.4 is 14.8 Å². The molecule has 118 valence electrons. The lowest BCUT2D eigenvalue weighted by Crippen LogP contribution is -2.18. The normalized spacial score (nSPS) is 19.5. The van der Waals surface area contributed by atoms with E-state index in [1.807, 2.05) is 19.2 Å². The maximum Gasteiger partial charge on any atom is 0.123 e. The van der Waals surface area contributed by atoms with Gasteiger partial charge >= 0.3 is 0 Å². The third-order valence-corrected chi connectivity index (χ3v) is 4.20. The number of benzene rings is 1. The molecule has 2 rings (SSSR count). The van der Waals surface area contributed by atoms with E-state index in [4.69, 9.17) is 14.2 Å². The average molecular weight is 293 g/mol. The van der Waals surface area contributed by atoms with Gasteiger partial charge in [0.15, 0.2) is 0 Å². The van der Waals surface area contributed by atoms with Crippen molar-refractivity contribution in [2.24, 2.45) is 0 Å². The SMILES string of the molecule is CNC(CCCC1CCCO1)c1cc(OC)ccc1OC. The van der Waals surface area contributed by atoms with Crippen molar-refractivity contribution in [1.29, 1.82) is 0 Å². The fraction of sp³-hybridized carbons (Fsp3) is 0.647. The minimum atomic E-state index is 0.274. The van der Waals surface area contributed by atoms with Crippen LogP contribution in [0.15, 0.2) is 18.2 Å². The minimum Gasteiger partial charge on any atom is -0.497 e. The van der Waals surface area contributed by atoms with Crippen LogP contribution in [0.4, 0.5) is 0 Å². The Hall–Kier alpha value is -1.26. The van der Waals surface area contributed by atoms with Crippen molar-refractivity contribution in [3.8, 4) is 11.5 Å². The molecule has 1 fully saturated rings. The maximum absolute atomic E-state index is 5.69. The Balaban J connectivity index is 1.98. The molecular weight excluding hydrogens is 266 g/mol. The van der Waals surface area contributed by atoms with Gasteiger partial charge in [0.25, 0.3) is 0 Å². The Morgan fingerprint density at radius 2 is 2.19 bits per heavy atom. The third-order valence-electron chi connectivity index (χ3n) is 4.20. The number of nitrogens with one attached hydrogen (secondary N) is 1. The van der Waals surface area contributed by atoms with E-state index in [0.717, 1.165) is 42.9 Å². The van der Waals surface area contributed by atoms with Crippen LogP contribution in [0.5, 0.6) is 11.5 Å². The van der Waals surface area contributed by atoms with Crippen LogP contribution in [-0.4, -0.2) is 34.0 Å². The second-order valence-corrected chi connectivity index (χ2v) is 5.52. The molecule has 2 unspecified atom stereocenters. The lowest BCUT2D eigenvalue weighted by Gasteiger charge is -2.21. The lowest BCUT2D eigenvalue weighted by atomic mass is 9.98. The molecule has 1 N–H and O–H groups in total. The van der Waals surface area contributed by atoms with Crippen molar-refractivity contribution in [1.82, 2.24) is 5.32 Å². The van der Waals surface area contributed by atoms with Crippen molar-refractivity contribution >= 4 is 0 Å². The van der Waals surface area contributed by atoms with Crippen molar-refractivity contribution in [3.05, 3.63) is 23.8 Å². The molecule has 1 aromatic rings. The van der Waals surface area contributed by atoms with Crippen LogP contribution in [0, 0.1) is 0 Å². The molecule has 4 heteroatoms. The summed E-state index contributed by atoms with van der Waals surface area (Å²) in [5, 5.41) is 3.39. The minimum absolute atomic E-state index is 0.274. The van der Waals surface area contributed by atoms with Crippen LogP contribution in [-0.2, 0) is 4.74 Å². The summed E-state index contributed by atoms with van der Waals surface area (Å²) in [6, 6.07) is 6.24. The number of hydrogen-bond donors (Lipinski definition) is 1. The van der Waals surface area contributed by atoms with E-state index in [9.17, 15) is 0 Å². The quantitative estimate of drug-likeness (QED) is 0.798. The summed E-state index contributed by atoms with van der Waals surface area (Å²) >= 11 is 0. The van der Waals surface area contributed by atoms with E-state index in [2.05, 4.69) is 11.4 Å². The molecule has 0 bridgehead atoms. The Morgan fingerprint density at radius 1 is 1.33 bits per heavy atom. The van der Waals surface area contributed by atoms with Crippen LogP contribution in [0.3, 0.4) is 0 Å². The molecule has 1 heterocycles. The number of hydrogen-bond acceptors (Lipinski definition) is 4. The van der Waals surface area contributed by atoms with Crippen LogP contribution in [0.25, 0.3) is 0 Å². The van der Waals surface area contributed by atoms with E-state index in [-0.39, 0.29) is 6.04 Å². The molecule has 0 radical (unpaired) electrons. The predicted molar refractivity (Wildman–Crippen MR) is 84.2 cm³/mol.